The summed E-state index contributed by atoms with van der Waals surface area (Å²) in [5.41, 5.74) is 5.69. The molecule has 0 unspecified atom stereocenters. The van der Waals surface area contributed by atoms with E-state index >= 15 is 0 Å². The number of carbonyl (C=O) groups is 1. The van der Waals surface area contributed by atoms with E-state index in [1.807, 2.05) is 0 Å². The van der Waals surface area contributed by atoms with Gasteiger partial charge in [0.25, 0.3) is 0 Å². The number of nitrogens with zero attached hydrogens (tertiary/aromatic N) is 2. The van der Waals surface area contributed by atoms with Crippen molar-refractivity contribution in [2.45, 2.75) is 0 Å². The van der Waals surface area contributed by atoms with Crippen LogP contribution in [0.25, 0.3) is 10.9 Å². The summed E-state index contributed by atoms with van der Waals surface area (Å²) in [4.78, 5) is 17.8. The van der Waals surface area contributed by atoms with Gasteiger partial charge < -0.3 is 10.8 Å². The highest BCUT2D eigenvalue weighted by Gasteiger charge is 2.11. The van der Waals surface area contributed by atoms with Gasteiger partial charge in [0, 0.05) is 11.5 Å². The van der Waals surface area contributed by atoms with E-state index < -0.39 is 17.6 Å². The molecule has 1 heterocycles. The SMILES string of the molecule is Nc1nc(C(=O)O)nc2cc(F)ccc12. The molecule has 3 N–H and O–H groups in total. The number of carboxylic acids is 1. The summed E-state index contributed by atoms with van der Waals surface area (Å²) in [6.45, 7) is 0. The smallest absolute Gasteiger partial charge is 0.374 e. The normalized spacial score (nSPS) is 10.5. The molecule has 1 aromatic carbocycles. The average molecular weight is 207 g/mol. The van der Waals surface area contributed by atoms with Gasteiger partial charge in [-0.3, -0.25) is 0 Å². The van der Waals surface area contributed by atoms with E-state index in [1.54, 1.807) is 0 Å². The van der Waals surface area contributed by atoms with Crippen LogP contribution in [-0.2, 0) is 0 Å². The van der Waals surface area contributed by atoms with Crippen LogP contribution < -0.4 is 5.73 Å². The number of fused-ring (bicyclic) bond motifs is 1. The van der Waals surface area contributed by atoms with Gasteiger partial charge in [-0.05, 0) is 12.1 Å². The Hall–Kier alpha value is -2.24. The lowest BCUT2D eigenvalue weighted by atomic mass is 10.2. The van der Waals surface area contributed by atoms with Gasteiger partial charge in [-0.1, -0.05) is 0 Å². The van der Waals surface area contributed by atoms with Crippen molar-refractivity contribution in [2.24, 2.45) is 0 Å². The van der Waals surface area contributed by atoms with Crippen molar-refractivity contribution in [3.05, 3.63) is 29.8 Å². The lowest BCUT2D eigenvalue weighted by molar-refractivity contribution is 0.0684. The first kappa shape index (κ1) is 9.32. The fraction of sp³-hybridized carbons (Fsp3) is 0. The van der Waals surface area contributed by atoms with Crippen molar-refractivity contribution in [1.29, 1.82) is 0 Å². The van der Waals surface area contributed by atoms with Crippen molar-refractivity contribution in [2.75, 3.05) is 5.73 Å². The van der Waals surface area contributed by atoms with Crippen molar-refractivity contribution in [1.82, 2.24) is 9.97 Å². The number of rotatable bonds is 1. The number of halogens is 1. The fourth-order valence-electron chi connectivity index (χ4n) is 1.22. The molecule has 0 fully saturated rings. The molecular formula is C9H6FN3O2. The molecule has 0 saturated carbocycles. The third kappa shape index (κ3) is 1.56. The zero-order valence-electron chi connectivity index (χ0n) is 7.44. The molecular weight excluding hydrogens is 201 g/mol. The summed E-state index contributed by atoms with van der Waals surface area (Å²) in [5, 5.41) is 9.10. The molecule has 0 saturated heterocycles. The Bertz CT molecular complexity index is 556. The number of carboxylic acid groups (broad SMARTS) is 1. The highest BCUT2D eigenvalue weighted by Crippen LogP contribution is 2.18. The van der Waals surface area contributed by atoms with Gasteiger partial charge in [0.05, 0.1) is 5.52 Å². The first-order chi connectivity index (χ1) is 7.08. The van der Waals surface area contributed by atoms with E-state index in [9.17, 15) is 9.18 Å². The van der Waals surface area contributed by atoms with Gasteiger partial charge in [0.15, 0.2) is 0 Å². The molecule has 0 spiro atoms. The number of aromatic nitrogens is 2. The molecule has 0 aliphatic carbocycles. The number of hydrogen-bond donors (Lipinski definition) is 2. The quantitative estimate of drug-likeness (QED) is 0.729. The lowest BCUT2D eigenvalue weighted by Crippen LogP contribution is -2.07. The molecule has 2 aromatic rings. The van der Waals surface area contributed by atoms with E-state index in [1.165, 1.54) is 12.1 Å². The third-order valence-corrected chi connectivity index (χ3v) is 1.88. The standard InChI is InChI=1S/C9H6FN3O2/c10-4-1-2-5-6(3-4)12-8(9(14)15)13-7(5)11/h1-3H,(H,14,15)(H2,11,12,13). The maximum atomic E-state index is 12.9. The van der Waals surface area contributed by atoms with Crippen molar-refractivity contribution >= 4 is 22.7 Å². The van der Waals surface area contributed by atoms with Crippen LogP contribution >= 0.6 is 0 Å². The van der Waals surface area contributed by atoms with Gasteiger partial charge in [-0.25, -0.2) is 19.2 Å². The topological polar surface area (TPSA) is 89.1 Å². The highest BCUT2D eigenvalue weighted by molar-refractivity contribution is 5.92. The summed E-state index contributed by atoms with van der Waals surface area (Å²) >= 11 is 0. The fourth-order valence-corrected chi connectivity index (χ4v) is 1.22. The molecule has 0 amide bonds. The Morgan fingerprint density at radius 2 is 2.13 bits per heavy atom. The van der Waals surface area contributed by atoms with Crippen LogP contribution in [0.3, 0.4) is 0 Å². The zero-order valence-corrected chi connectivity index (χ0v) is 7.44. The van der Waals surface area contributed by atoms with Gasteiger partial charge in [0.2, 0.25) is 5.82 Å². The second kappa shape index (κ2) is 3.16. The molecule has 0 aliphatic heterocycles. The summed E-state index contributed by atoms with van der Waals surface area (Å²) in [7, 11) is 0. The third-order valence-electron chi connectivity index (χ3n) is 1.88. The van der Waals surface area contributed by atoms with Crippen LogP contribution in [0.15, 0.2) is 18.2 Å². The monoisotopic (exact) mass is 207 g/mol. The summed E-state index contributed by atoms with van der Waals surface area (Å²) in [6, 6.07) is 3.73. The molecule has 2 rings (SSSR count). The average Bonchev–Trinajstić information content (AvgIpc) is 2.16. The molecule has 0 radical (unpaired) electrons. The molecule has 1 aromatic heterocycles. The second-order valence-electron chi connectivity index (χ2n) is 2.90. The van der Waals surface area contributed by atoms with Gasteiger partial charge in [-0.2, -0.15) is 0 Å². The van der Waals surface area contributed by atoms with Gasteiger partial charge >= 0.3 is 5.97 Å². The lowest BCUT2D eigenvalue weighted by Gasteiger charge is -2.01. The maximum absolute atomic E-state index is 12.9. The maximum Gasteiger partial charge on any atom is 0.374 e. The van der Waals surface area contributed by atoms with E-state index in [0.29, 0.717) is 5.39 Å². The highest BCUT2D eigenvalue weighted by atomic mass is 19.1. The summed E-state index contributed by atoms with van der Waals surface area (Å²) < 4.78 is 12.9. The predicted octanol–water partition coefficient (Wildman–Crippen LogP) is 1.05. The Morgan fingerprint density at radius 1 is 1.40 bits per heavy atom. The Balaban J connectivity index is 2.79. The minimum Gasteiger partial charge on any atom is -0.475 e. The van der Waals surface area contributed by atoms with Crippen molar-refractivity contribution in [3.8, 4) is 0 Å². The number of aromatic carboxylic acids is 1. The number of nitrogen functional groups attached to an aromatic ring is 1. The molecule has 0 aliphatic rings. The molecule has 6 heteroatoms. The number of hydrogen-bond acceptors (Lipinski definition) is 4. The Labute approximate surface area is 83.4 Å². The Morgan fingerprint density at radius 3 is 2.80 bits per heavy atom. The van der Waals surface area contributed by atoms with E-state index in [0.717, 1.165) is 6.07 Å². The number of nitrogens with two attached hydrogens (primary N) is 1. The number of anilines is 1. The minimum atomic E-state index is -1.30. The van der Waals surface area contributed by atoms with Crippen LogP contribution in [-0.4, -0.2) is 21.0 Å². The molecule has 0 atom stereocenters. The van der Waals surface area contributed by atoms with E-state index in [4.69, 9.17) is 10.8 Å². The Kier molecular flexibility index (Phi) is 1.96. The largest absolute Gasteiger partial charge is 0.475 e. The molecule has 0 bridgehead atoms. The summed E-state index contributed by atoms with van der Waals surface area (Å²) in [5.74, 6) is -2.21. The zero-order chi connectivity index (χ0) is 11.0. The van der Waals surface area contributed by atoms with E-state index in [2.05, 4.69) is 9.97 Å². The minimum absolute atomic E-state index is 0.0254. The molecule has 5 nitrogen and oxygen atoms in total. The predicted molar refractivity (Wildman–Crippen MR) is 50.9 cm³/mol. The van der Waals surface area contributed by atoms with Crippen LogP contribution in [0.5, 0.6) is 0 Å². The van der Waals surface area contributed by atoms with Crippen LogP contribution in [0, 0.1) is 5.82 Å². The van der Waals surface area contributed by atoms with Gasteiger partial charge in [-0.15, -0.1) is 0 Å². The van der Waals surface area contributed by atoms with E-state index in [-0.39, 0.29) is 11.3 Å². The van der Waals surface area contributed by atoms with Crippen LogP contribution in [0.4, 0.5) is 10.2 Å². The molecule has 15 heavy (non-hydrogen) atoms. The molecule has 76 valence electrons. The van der Waals surface area contributed by atoms with Crippen LogP contribution in [0.2, 0.25) is 0 Å². The van der Waals surface area contributed by atoms with Crippen LogP contribution in [0.1, 0.15) is 10.6 Å². The van der Waals surface area contributed by atoms with Crippen molar-refractivity contribution in [3.63, 3.8) is 0 Å². The second-order valence-corrected chi connectivity index (χ2v) is 2.90. The number of benzene rings is 1. The first-order valence-corrected chi connectivity index (χ1v) is 4.04. The summed E-state index contributed by atoms with van der Waals surface area (Å²) in [6.07, 6.45) is 0. The van der Waals surface area contributed by atoms with Gasteiger partial charge in [0.1, 0.15) is 11.6 Å². The van der Waals surface area contributed by atoms with Crippen molar-refractivity contribution < 1.29 is 14.3 Å². The first-order valence-electron chi connectivity index (χ1n) is 4.04.